The molecule has 0 bridgehead atoms. The minimum Gasteiger partial charge on any atom is -0.380 e. The second-order valence-electron chi connectivity index (χ2n) is 2.07. The number of nitrogens with zero attached hydrogens (tertiary/aromatic N) is 2. The first-order valence-corrected chi connectivity index (χ1v) is 4.55. The number of aliphatic hydroxyl groups excluding tert-OH is 1. The van der Waals surface area contributed by atoms with Crippen molar-refractivity contribution < 1.29 is 13.5 Å². The fourth-order valence-corrected chi connectivity index (χ4v) is 1.28. The largest absolute Gasteiger partial charge is 0.380 e. The Balaban J connectivity index is 3.13. The van der Waals surface area contributed by atoms with Crippen molar-refractivity contribution in [3.8, 4) is 0 Å². The molecule has 6 heteroatoms. The molecule has 5 nitrogen and oxygen atoms in total. The van der Waals surface area contributed by atoms with E-state index in [0.717, 1.165) is 0 Å². The number of sulfone groups is 1. The second-order valence-corrected chi connectivity index (χ2v) is 3.98. The summed E-state index contributed by atoms with van der Waals surface area (Å²) in [4.78, 5) is 0. The number of aromatic nitrogens is 2. The lowest BCUT2D eigenvalue weighted by Crippen LogP contribution is -2.07. The zero-order valence-electron chi connectivity index (χ0n) is 5.93. The van der Waals surface area contributed by atoms with Crippen LogP contribution in [0.25, 0.3) is 0 Å². The normalized spacial score (nSPS) is 11.8. The van der Waals surface area contributed by atoms with Crippen LogP contribution in [0.15, 0.2) is 17.3 Å². The molecule has 0 saturated carbocycles. The molecule has 1 aromatic heterocycles. The van der Waals surface area contributed by atoms with Crippen LogP contribution in [-0.4, -0.2) is 29.2 Å². The molecule has 0 aliphatic carbocycles. The van der Waals surface area contributed by atoms with Gasteiger partial charge in [0.2, 0.25) is 9.84 Å². The molecule has 0 aliphatic heterocycles. The first-order chi connectivity index (χ1) is 5.06. The van der Waals surface area contributed by atoms with E-state index in [1.54, 1.807) is 7.05 Å². The lowest BCUT2D eigenvalue weighted by atomic mass is 10.7. The van der Waals surface area contributed by atoms with Crippen LogP contribution in [-0.2, 0) is 16.9 Å². The minimum absolute atomic E-state index is 0.0949. The van der Waals surface area contributed by atoms with Crippen LogP contribution in [0.2, 0.25) is 0 Å². The van der Waals surface area contributed by atoms with E-state index in [2.05, 4.69) is 5.10 Å². The third kappa shape index (κ3) is 1.58. The van der Waals surface area contributed by atoms with Gasteiger partial charge in [0.1, 0.15) is 0 Å². The molecule has 0 amide bonds. The predicted octanol–water partition coefficient (Wildman–Crippen LogP) is -0.856. The van der Waals surface area contributed by atoms with E-state index in [4.69, 9.17) is 5.11 Å². The van der Waals surface area contributed by atoms with Gasteiger partial charge in [-0.2, -0.15) is 5.10 Å². The Bertz CT molecular complexity index is 340. The third-order valence-electron chi connectivity index (χ3n) is 1.18. The molecule has 0 atom stereocenters. The summed E-state index contributed by atoms with van der Waals surface area (Å²) in [5.74, 6) is -0.899. The Morgan fingerprint density at radius 3 is 2.73 bits per heavy atom. The van der Waals surface area contributed by atoms with Gasteiger partial charge in [-0.1, -0.05) is 0 Å². The van der Waals surface area contributed by atoms with Gasteiger partial charge < -0.3 is 5.11 Å². The van der Waals surface area contributed by atoms with Crippen LogP contribution in [0.4, 0.5) is 0 Å². The van der Waals surface area contributed by atoms with E-state index in [0.29, 0.717) is 0 Å². The van der Waals surface area contributed by atoms with Gasteiger partial charge in [0, 0.05) is 13.2 Å². The van der Waals surface area contributed by atoms with Gasteiger partial charge in [-0.15, -0.1) is 0 Å². The summed E-state index contributed by atoms with van der Waals surface area (Å²) >= 11 is 0. The standard InChI is InChI=1S/C5H8N2O3S/c1-7-3-2-5(6-7)11(9,10)4-8/h2-3,8H,4H2,1H3. The highest BCUT2D eigenvalue weighted by molar-refractivity contribution is 7.91. The predicted molar refractivity (Wildman–Crippen MR) is 37.5 cm³/mol. The molecule has 0 unspecified atom stereocenters. The average Bonchev–Trinajstić information content (AvgIpc) is 2.36. The Kier molecular flexibility index (Phi) is 1.97. The highest BCUT2D eigenvalue weighted by Gasteiger charge is 2.14. The van der Waals surface area contributed by atoms with E-state index < -0.39 is 15.8 Å². The van der Waals surface area contributed by atoms with E-state index in [1.807, 2.05) is 0 Å². The van der Waals surface area contributed by atoms with Crippen molar-refractivity contribution in [2.45, 2.75) is 5.03 Å². The maximum absolute atomic E-state index is 10.9. The molecule has 0 fully saturated rings. The van der Waals surface area contributed by atoms with Crippen molar-refractivity contribution in [3.63, 3.8) is 0 Å². The zero-order valence-corrected chi connectivity index (χ0v) is 6.74. The fraction of sp³-hybridized carbons (Fsp3) is 0.400. The highest BCUT2D eigenvalue weighted by Crippen LogP contribution is 2.04. The fourth-order valence-electron chi connectivity index (χ4n) is 0.626. The Labute approximate surface area is 64.2 Å². The SMILES string of the molecule is Cn1ccc(S(=O)(=O)CO)n1. The number of rotatable bonds is 2. The molecule has 0 saturated heterocycles. The summed E-state index contributed by atoms with van der Waals surface area (Å²) in [6, 6.07) is 1.34. The quantitative estimate of drug-likeness (QED) is 0.636. The van der Waals surface area contributed by atoms with Gasteiger partial charge >= 0.3 is 0 Å². The number of hydrogen-bond donors (Lipinski definition) is 1. The van der Waals surface area contributed by atoms with Crippen molar-refractivity contribution in [1.82, 2.24) is 9.78 Å². The molecule has 0 aromatic carbocycles. The van der Waals surface area contributed by atoms with Gasteiger partial charge in [-0.3, -0.25) is 4.68 Å². The summed E-state index contributed by atoms with van der Waals surface area (Å²) in [5.41, 5.74) is 0. The molecular weight excluding hydrogens is 168 g/mol. The summed E-state index contributed by atoms with van der Waals surface area (Å²) in [6.07, 6.45) is 1.50. The molecule has 11 heavy (non-hydrogen) atoms. The first-order valence-electron chi connectivity index (χ1n) is 2.89. The third-order valence-corrected chi connectivity index (χ3v) is 2.37. The highest BCUT2D eigenvalue weighted by atomic mass is 32.2. The zero-order chi connectivity index (χ0) is 8.48. The van der Waals surface area contributed by atoms with Crippen molar-refractivity contribution in [2.24, 2.45) is 7.05 Å². The van der Waals surface area contributed by atoms with Crippen LogP contribution in [0.5, 0.6) is 0 Å². The number of aryl methyl sites for hydroxylation is 1. The Hall–Kier alpha value is -0.880. The summed E-state index contributed by atoms with van der Waals surface area (Å²) < 4.78 is 23.1. The Morgan fingerprint density at radius 1 is 1.73 bits per heavy atom. The second kappa shape index (κ2) is 2.63. The van der Waals surface area contributed by atoms with E-state index in [-0.39, 0.29) is 5.03 Å². The van der Waals surface area contributed by atoms with Crippen LogP contribution in [0.3, 0.4) is 0 Å². The van der Waals surface area contributed by atoms with Crippen LogP contribution < -0.4 is 0 Å². The van der Waals surface area contributed by atoms with Crippen LogP contribution in [0, 0.1) is 0 Å². The summed E-state index contributed by atoms with van der Waals surface area (Å²) in [7, 11) is -1.95. The lowest BCUT2D eigenvalue weighted by Gasteiger charge is -1.92. The molecule has 1 N–H and O–H groups in total. The van der Waals surface area contributed by atoms with E-state index >= 15 is 0 Å². The molecule has 0 radical (unpaired) electrons. The molecule has 1 rings (SSSR count). The van der Waals surface area contributed by atoms with Gasteiger partial charge in [-0.25, -0.2) is 8.42 Å². The molecule has 1 aromatic rings. The molecule has 0 aliphatic rings. The smallest absolute Gasteiger partial charge is 0.221 e. The average molecular weight is 176 g/mol. The molecule has 1 heterocycles. The molecule has 0 spiro atoms. The van der Waals surface area contributed by atoms with Gasteiger partial charge in [0.25, 0.3) is 0 Å². The van der Waals surface area contributed by atoms with Gasteiger partial charge in [0.05, 0.1) is 0 Å². The molecule has 62 valence electrons. The summed E-state index contributed by atoms with van der Waals surface area (Å²) in [5, 5.41) is 11.9. The van der Waals surface area contributed by atoms with Crippen LogP contribution >= 0.6 is 0 Å². The van der Waals surface area contributed by atoms with E-state index in [1.165, 1.54) is 16.9 Å². The summed E-state index contributed by atoms with van der Waals surface area (Å²) in [6.45, 7) is 0. The van der Waals surface area contributed by atoms with Crippen LogP contribution in [0.1, 0.15) is 0 Å². The van der Waals surface area contributed by atoms with Crippen molar-refractivity contribution in [3.05, 3.63) is 12.3 Å². The monoisotopic (exact) mass is 176 g/mol. The lowest BCUT2D eigenvalue weighted by molar-refractivity contribution is 0.358. The number of hydrogen-bond acceptors (Lipinski definition) is 4. The van der Waals surface area contributed by atoms with Gasteiger partial charge in [-0.05, 0) is 6.07 Å². The van der Waals surface area contributed by atoms with Gasteiger partial charge in [0.15, 0.2) is 11.0 Å². The molecular formula is C5H8N2O3S. The minimum atomic E-state index is -3.55. The van der Waals surface area contributed by atoms with E-state index in [9.17, 15) is 8.42 Å². The number of aliphatic hydroxyl groups is 1. The Morgan fingerprint density at radius 2 is 2.36 bits per heavy atom. The first kappa shape index (κ1) is 8.22. The van der Waals surface area contributed by atoms with Crippen molar-refractivity contribution in [1.29, 1.82) is 0 Å². The maximum Gasteiger partial charge on any atom is 0.221 e. The maximum atomic E-state index is 10.9. The van der Waals surface area contributed by atoms with Crippen molar-refractivity contribution in [2.75, 3.05) is 5.94 Å². The van der Waals surface area contributed by atoms with Crippen molar-refractivity contribution >= 4 is 9.84 Å². The topological polar surface area (TPSA) is 72.2 Å².